The Morgan fingerprint density at radius 3 is 2.61 bits per heavy atom. The van der Waals surface area contributed by atoms with E-state index >= 15 is 0 Å². The van der Waals surface area contributed by atoms with Crippen LogP contribution in [0.2, 0.25) is 0 Å². The van der Waals surface area contributed by atoms with Crippen LogP contribution >= 0.6 is 0 Å². The monoisotopic (exact) mass is 251 g/mol. The van der Waals surface area contributed by atoms with Crippen molar-refractivity contribution in [2.24, 2.45) is 11.7 Å². The summed E-state index contributed by atoms with van der Waals surface area (Å²) in [7, 11) is 0. The molecule has 1 fully saturated rings. The summed E-state index contributed by atoms with van der Waals surface area (Å²) < 4.78 is 12.9. The summed E-state index contributed by atoms with van der Waals surface area (Å²) in [5, 5.41) is 8.84. The lowest BCUT2D eigenvalue weighted by Gasteiger charge is -2.33. The minimum atomic E-state index is -0.756. The highest BCUT2D eigenvalue weighted by Gasteiger charge is 2.30. The molecule has 0 unspecified atom stereocenters. The van der Waals surface area contributed by atoms with Gasteiger partial charge in [0, 0.05) is 12.5 Å². The maximum Gasteiger partial charge on any atom is 0.303 e. The number of nitrogens with two attached hydrogens (primary N) is 1. The fourth-order valence-corrected chi connectivity index (χ4v) is 2.81. The van der Waals surface area contributed by atoms with Gasteiger partial charge < -0.3 is 10.8 Å². The molecule has 1 aliphatic rings. The number of carboxylic acids is 1. The third kappa shape index (κ3) is 3.07. The average Bonchev–Trinajstić information content (AvgIpc) is 2.32. The molecule has 0 spiro atoms. The Kier molecular flexibility index (Phi) is 3.97. The van der Waals surface area contributed by atoms with E-state index in [4.69, 9.17) is 10.8 Å². The third-order valence-electron chi connectivity index (χ3n) is 3.77. The zero-order valence-electron chi connectivity index (χ0n) is 10.2. The molecule has 0 bridgehead atoms. The van der Waals surface area contributed by atoms with Crippen molar-refractivity contribution in [1.82, 2.24) is 0 Å². The van der Waals surface area contributed by atoms with Gasteiger partial charge in [0.05, 0.1) is 0 Å². The molecular weight excluding hydrogens is 233 g/mol. The minimum Gasteiger partial charge on any atom is -0.481 e. The van der Waals surface area contributed by atoms with Crippen molar-refractivity contribution in [3.8, 4) is 0 Å². The van der Waals surface area contributed by atoms with Gasteiger partial charge in [-0.2, -0.15) is 0 Å². The summed E-state index contributed by atoms with van der Waals surface area (Å²) in [6, 6.07) is 6.41. The van der Waals surface area contributed by atoms with Crippen molar-refractivity contribution in [2.45, 2.75) is 37.6 Å². The van der Waals surface area contributed by atoms with Gasteiger partial charge in [0.25, 0.3) is 0 Å². The van der Waals surface area contributed by atoms with Gasteiger partial charge in [0.2, 0.25) is 0 Å². The Labute approximate surface area is 106 Å². The number of hydrogen-bond donors (Lipinski definition) is 2. The van der Waals surface area contributed by atoms with Crippen molar-refractivity contribution in [3.63, 3.8) is 0 Å². The SMILES string of the molecule is N[C@@H]1CC[C@@H](CC(=O)O)C[C@H]1c1ccc(F)cc1. The van der Waals surface area contributed by atoms with Gasteiger partial charge >= 0.3 is 5.97 Å². The van der Waals surface area contributed by atoms with Crippen molar-refractivity contribution < 1.29 is 14.3 Å². The number of carbonyl (C=O) groups is 1. The molecule has 1 aromatic rings. The number of hydrogen-bond acceptors (Lipinski definition) is 2. The molecular formula is C14H18FNO2. The molecule has 0 saturated heterocycles. The lowest BCUT2D eigenvalue weighted by atomic mass is 9.74. The maximum atomic E-state index is 12.9. The molecule has 0 aromatic heterocycles. The average molecular weight is 251 g/mol. The largest absolute Gasteiger partial charge is 0.481 e. The first-order valence-corrected chi connectivity index (χ1v) is 6.29. The van der Waals surface area contributed by atoms with Gasteiger partial charge in [-0.05, 0) is 48.8 Å². The van der Waals surface area contributed by atoms with Gasteiger partial charge in [0.15, 0.2) is 0 Å². The van der Waals surface area contributed by atoms with Crippen molar-refractivity contribution in [2.75, 3.05) is 0 Å². The van der Waals surface area contributed by atoms with E-state index in [0.29, 0.717) is 0 Å². The van der Waals surface area contributed by atoms with Crippen LogP contribution in [0.4, 0.5) is 4.39 Å². The topological polar surface area (TPSA) is 63.3 Å². The van der Waals surface area contributed by atoms with E-state index < -0.39 is 5.97 Å². The Balaban J connectivity index is 2.09. The van der Waals surface area contributed by atoms with E-state index in [1.807, 2.05) is 0 Å². The summed E-state index contributed by atoms with van der Waals surface area (Å²) >= 11 is 0. The van der Waals surface area contributed by atoms with E-state index in [1.54, 1.807) is 12.1 Å². The Morgan fingerprint density at radius 2 is 2.00 bits per heavy atom. The smallest absolute Gasteiger partial charge is 0.303 e. The maximum absolute atomic E-state index is 12.9. The summed E-state index contributed by atoms with van der Waals surface area (Å²) in [6.45, 7) is 0. The fraction of sp³-hybridized carbons (Fsp3) is 0.500. The first kappa shape index (κ1) is 13.0. The first-order valence-electron chi connectivity index (χ1n) is 6.29. The highest BCUT2D eigenvalue weighted by molar-refractivity contribution is 5.67. The Morgan fingerprint density at radius 1 is 1.33 bits per heavy atom. The van der Waals surface area contributed by atoms with Crippen molar-refractivity contribution >= 4 is 5.97 Å². The normalized spacial score (nSPS) is 28.0. The van der Waals surface area contributed by atoms with Gasteiger partial charge in [-0.25, -0.2) is 4.39 Å². The van der Waals surface area contributed by atoms with E-state index in [9.17, 15) is 9.18 Å². The lowest BCUT2D eigenvalue weighted by molar-refractivity contribution is -0.138. The lowest BCUT2D eigenvalue weighted by Crippen LogP contribution is -2.35. The van der Waals surface area contributed by atoms with Crippen LogP contribution in [-0.4, -0.2) is 17.1 Å². The molecule has 3 nitrogen and oxygen atoms in total. The predicted molar refractivity (Wildman–Crippen MR) is 66.7 cm³/mol. The van der Waals surface area contributed by atoms with E-state index in [1.165, 1.54) is 12.1 Å². The molecule has 3 atom stereocenters. The van der Waals surface area contributed by atoms with Crippen molar-refractivity contribution in [1.29, 1.82) is 0 Å². The molecule has 4 heteroatoms. The van der Waals surface area contributed by atoms with Crippen LogP contribution in [-0.2, 0) is 4.79 Å². The number of aliphatic carboxylic acids is 1. The standard InChI is InChI=1S/C14H18FNO2/c15-11-4-2-10(3-5-11)12-7-9(8-14(17)18)1-6-13(12)16/h2-5,9,12-13H,1,6-8,16H2,(H,17,18)/t9-,12+,13-/m1/s1. The summed E-state index contributed by atoms with van der Waals surface area (Å²) in [5.41, 5.74) is 7.11. The molecule has 18 heavy (non-hydrogen) atoms. The predicted octanol–water partition coefficient (Wildman–Crippen LogP) is 2.51. The number of carboxylic acid groups (broad SMARTS) is 1. The van der Waals surface area contributed by atoms with E-state index in [2.05, 4.69) is 0 Å². The van der Waals surface area contributed by atoms with Gasteiger partial charge in [-0.3, -0.25) is 4.79 Å². The number of benzene rings is 1. The van der Waals surface area contributed by atoms with Crippen LogP contribution in [0, 0.1) is 11.7 Å². The highest BCUT2D eigenvalue weighted by atomic mass is 19.1. The Hall–Kier alpha value is -1.42. The van der Waals surface area contributed by atoms with Crippen LogP contribution in [0.1, 0.15) is 37.2 Å². The molecule has 98 valence electrons. The summed E-state index contributed by atoms with van der Waals surface area (Å²) in [6.07, 6.45) is 2.68. The zero-order chi connectivity index (χ0) is 13.1. The second-order valence-electron chi connectivity index (χ2n) is 5.10. The van der Waals surface area contributed by atoms with Gasteiger partial charge in [0.1, 0.15) is 5.82 Å². The number of rotatable bonds is 3. The Bertz CT molecular complexity index is 418. The fourth-order valence-electron chi connectivity index (χ4n) is 2.81. The molecule has 0 heterocycles. The van der Waals surface area contributed by atoms with Crippen LogP contribution in [0.3, 0.4) is 0 Å². The third-order valence-corrected chi connectivity index (χ3v) is 3.77. The molecule has 2 rings (SSSR count). The van der Waals surface area contributed by atoms with Crippen LogP contribution in [0.25, 0.3) is 0 Å². The van der Waals surface area contributed by atoms with Crippen LogP contribution in [0.15, 0.2) is 24.3 Å². The molecule has 0 aliphatic heterocycles. The van der Waals surface area contributed by atoms with Gasteiger partial charge in [-0.15, -0.1) is 0 Å². The molecule has 1 aliphatic carbocycles. The zero-order valence-corrected chi connectivity index (χ0v) is 10.2. The molecule has 1 aromatic carbocycles. The summed E-state index contributed by atoms with van der Waals surface area (Å²) in [5.74, 6) is -0.695. The molecule has 1 saturated carbocycles. The van der Waals surface area contributed by atoms with E-state index in [-0.39, 0.29) is 30.1 Å². The van der Waals surface area contributed by atoms with Crippen molar-refractivity contribution in [3.05, 3.63) is 35.6 Å². The minimum absolute atomic E-state index is 0.0421. The second kappa shape index (κ2) is 5.48. The number of halogens is 1. The van der Waals surface area contributed by atoms with Crippen LogP contribution in [0.5, 0.6) is 0 Å². The molecule has 0 radical (unpaired) electrons. The first-order chi connectivity index (χ1) is 8.56. The van der Waals surface area contributed by atoms with Gasteiger partial charge in [-0.1, -0.05) is 12.1 Å². The highest BCUT2D eigenvalue weighted by Crippen LogP contribution is 2.36. The van der Waals surface area contributed by atoms with E-state index in [0.717, 1.165) is 24.8 Å². The molecule has 3 N–H and O–H groups in total. The quantitative estimate of drug-likeness (QED) is 0.867. The molecule has 0 amide bonds. The second-order valence-corrected chi connectivity index (χ2v) is 5.10. The van der Waals surface area contributed by atoms with Crippen LogP contribution < -0.4 is 5.73 Å². The summed E-state index contributed by atoms with van der Waals surface area (Å²) in [4.78, 5) is 10.8.